The molecule has 0 bridgehead atoms. The highest BCUT2D eigenvalue weighted by atomic mass is 16.5. The number of nitrogens with one attached hydrogen (secondary N) is 2. The lowest BCUT2D eigenvalue weighted by Gasteiger charge is -2.28. The summed E-state index contributed by atoms with van der Waals surface area (Å²) < 4.78 is 5.26. The molecule has 2 amide bonds. The minimum Gasteiger partial charge on any atom is -0.381 e. The summed E-state index contributed by atoms with van der Waals surface area (Å²) in [6, 6.07) is 0.578. The van der Waals surface area contributed by atoms with Crippen molar-refractivity contribution >= 4 is 11.8 Å². The molecular weight excluding hydrogens is 258 g/mol. The smallest absolute Gasteiger partial charge is 0.234 e. The van der Waals surface area contributed by atoms with Crippen molar-refractivity contribution in [3.05, 3.63) is 0 Å². The minimum atomic E-state index is -0.194. The quantitative estimate of drug-likeness (QED) is 0.657. The molecule has 1 aliphatic heterocycles. The lowest BCUT2D eigenvalue weighted by molar-refractivity contribution is -0.123. The van der Waals surface area contributed by atoms with Gasteiger partial charge in [0.2, 0.25) is 11.8 Å². The number of carbonyl (C=O) groups is 2. The van der Waals surface area contributed by atoms with Crippen LogP contribution in [0.2, 0.25) is 0 Å². The van der Waals surface area contributed by atoms with E-state index in [9.17, 15) is 9.59 Å². The molecule has 6 nitrogen and oxygen atoms in total. The molecular formula is C14H25N3O3. The number of nitrogens with two attached hydrogens (primary N) is 1. The van der Waals surface area contributed by atoms with Gasteiger partial charge in [-0.15, -0.1) is 0 Å². The highest BCUT2D eigenvalue weighted by Gasteiger charge is 2.25. The molecule has 0 spiro atoms. The molecule has 0 radical (unpaired) electrons. The molecule has 2 rings (SSSR count). The van der Waals surface area contributed by atoms with Crippen molar-refractivity contribution in [1.29, 1.82) is 0 Å². The third-order valence-corrected chi connectivity index (χ3v) is 4.27. The van der Waals surface area contributed by atoms with Crippen molar-refractivity contribution in [1.82, 2.24) is 10.6 Å². The Balaban J connectivity index is 1.60. The van der Waals surface area contributed by atoms with Crippen molar-refractivity contribution in [2.75, 3.05) is 19.8 Å². The van der Waals surface area contributed by atoms with Gasteiger partial charge in [-0.3, -0.25) is 9.59 Å². The highest BCUT2D eigenvalue weighted by molar-refractivity contribution is 5.78. The van der Waals surface area contributed by atoms with Gasteiger partial charge in [0.05, 0.1) is 6.54 Å². The van der Waals surface area contributed by atoms with Crippen LogP contribution in [-0.4, -0.2) is 43.7 Å². The fraction of sp³-hybridized carbons (Fsp3) is 0.857. The Morgan fingerprint density at radius 3 is 2.25 bits per heavy atom. The molecule has 4 N–H and O–H groups in total. The monoisotopic (exact) mass is 283 g/mol. The van der Waals surface area contributed by atoms with Crippen LogP contribution >= 0.6 is 0 Å². The third kappa shape index (κ3) is 4.76. The Morgan fingerprint density at radius 1 is 1.00 bits per heavy atom. The van der Waals surface area contributed by atoms with E-state index in [-0.39, 0.29) is 23.8 Å². The second-order valence-corrected chi connectivity index (χ2v) is 5.79. The van der Waals surface area contributed by atoms with Gasteiger partial charge in [-0.25, -0.2) is 0 Å². The van der Waals surface area contributed by atoms with Gasteiger partial charge in [-0.1, -0.05) is 0 Å². The fourth-order valence-electron chi connectivity index (χ4n) is 2.94. The summed E-state index contributed by atoms with van der Waals surface area (Å²) in [6.45, 7) is 1.81. The summed E-state index contributed by atoms with van der Waals surface area (Å²) in [7, 11) is 0. The average Bonchev–Trinajstić information content (AvgIpc) is 2.46. The number of rotatable bonds is 5. The van der Waals surface area contributed by atoms with E-state index in [0.717, 1.165) is 51.7 Å². The molecule has 1 aliphatic carbocycles. The molecule has 2 aliphatic rings. The Bertz CT molecular complexity index is 335. The SMILES string of the molecule is NC(=O)C1CCC(NCC(=O)NC2CCOCC2)CC1. The molecule has 0 aromatic rings. The van der Waals surface area contributed by atoms with E-state index in [0.29, 0.717) is 12.6 Å². The molecule has 1 saturated heterocycles. The molecule has 20 heavy (non-hydrogen) atoms. The van der Waals surface area contributed by atoms with Gasteiger partial charge in [0, 0.05) is 31.2 Å². The fourth-order valence-corrected chi connectivity index (χ4v) is 2.94. The number of primary amides is 1. The van der Waals surface area contributed by atoms with Crippen LogP contribution in [0.25, 0.3) is 0 Å². The molecule has 1 saturated carbocycles. The van der Waals surface area contributed by atoms with Crippen LogP contribution in [0.5, 0.6) is 0 Å². The lowest BCUT2D eigenvalue weighted by Crippen LogP contribution is -2.46. The molecule has 2 fully saturated rings. The zero-order valence-electron chi connectivity index (χ0n) is 11.9. The maximum atomic E-state index is 11.8. The number of ether oxygens (including phenoxy) is 1. The predicted molar refractivity (Wildman–Crippen MR) is 74.9 cm³/mol. The first-order chi connectivity index (χ1) is 9.65. The number of hydrogen-bond donors (Lipinski definition) is 3. The van der Waals surface area contributed by atoms with Crippen LogP contribution in [0.1, 0.15) is 38.5 Å². The Hall–Kier alpha value is -1.14. The van der Waals surface area contributed by atoms with E-state index in [1.54, 1.807) is 0 Å². The lowest BCUT2D eigenvalue weighted by atomic mass is 9.85. The summed E-state index contributed by atoms with van der Waals surface area (Å²) >= 11 is 0. The first-order valence-electron chi connectivity index (χ1n) is 7.55. The molecule has 0 aromatic heterocycles. The van der Waals surface area contributed by atoms with Gasteiger partial charge >= 0.3 is 0 Å². The summed E-state index contributed by atoms with van der Waals surface area (Å²) in [5, 5.41) is 6.30. The van der Waals surface area contributed by atoms with Gasteiger partial charge in [0.25, 0.3) is 0 Å². The van der Waals surface area contributed by atoms with Crippen LogP contribution in [0.15, 0.2) is 0 Å². The molecule has 0 atom stereocenters. The van der Waals surface area contributed by atoms with E-state index in [2.05, 4.69) is 10.6 Å². The van der Waals surface area contributed by atoms with Gasteiger partial charge in [-0.2, -0.15) is 0 Å². The van der Waals surface area contributed by atoms with Gasteiger partial charge < -0.3 is 21.1 Å². The Labute approximate surface area is 119 Å². The summed E-state index contributed by atoms with van der Waals surface area (Å²) in [5.41, 5.74) is 5.31. The normalized spacial score (nSPS) is 28.0. The van der Waals surface area contributed by atoms with Gasteiger partial charge in [-0.05, 0) is 38.5 Å². The zero-order valence-corrected chi connectivity index (χ0v) is 11.9. The third-order valence-electron chi connectivity index (χ3n) is 4.27. The maximum absolute atomic E-state index is 11.8. The largest absolute Gasteiger partial charge is 0.381 e. The van der Waals surface area contributed by atoms with Crippen molar-refractivity contribution in [3.63, 3.8) is 0 Å². The van der Waals surface area contributed by atoms with E-state index in [1.807, 2.05) is 0 Å². The van der Waals surface area contributed by atoms with E-state index < -0.39 is 0 Å². The van der Waals surface area contributed by atoms with Crippen LogP contribution in [0.3, 0.4) is 0 Å². The number of amides is 2. The Morgan fingerprint density at radius 2 is 1.65 bits per heavy atom. The zero-order chi connectivity index (χ0) is 14.4. The molecule has 0 unspecified atom stereocenters. The van der Waals surface area contributed by atoms with E-state index in [1.165, 1.54) is 0 Å². The predicted octanol–water partition coefficient (Wildman–Crippen LogP) is -0.0847. The number of hydrogen-bond acceptors (Lipinski definition) is 4. The van der Waals surface area contributed by atoms with Crippen LogP contribution in [0.4, 0.5) is 0 Å². The van der Waals surface area contributed by atoms with Crippen molar-refractivity contribution in [2.45, 2.75) is 50.6 Å². The molecule has 114 valence electrons. The number of carbonyl (C=O) groups excluding carboxylic acids is 2. The second-order valence-electron chi connectivity index (χ2n) is 5.79. The van der Waals surface area contributed by atoms with E-state index >= 15 is 0 Å². The first-order valence-corrected chi connectivity index (χ1v) is 7.55. The molecule has 1 heterocycles. The second kappa shape index (κ2) is 7.59. The average molecular weight is 283 g/mol. The summed E-state index contributed by atoms with van der Waals surface area (Å²) in [4.78, 5) is 22.9. The standard InChI is InChI=1S/C14H25N3O3/c15-14(19)10-1-3-11(4-2-10)16-9-13(18)17-12-5-7-20-8-6-12/h10-12,16H,1-9H2,(H2,15,19)(H,17,18). The first kappa shape index (κ1) is 15.3. The molecule has 0 aromatic carbocycles. The van der Waals surface area contributed by atoms with Crippen molar-refractivity contribution in [2.24, 2.45) is 11.7 Å². The van der Waals surface area contributed by atoms with Crippen LogP contribution in [0, 0.1) is 5.92 Å². The molecule has 6 heteroatoms. The van der Waals surface area contributed by atoms with E-state index in [4.69, 9.17) is 10.5 Å². The minimum absolute atomic E-state index is 0.0177. The van der Waals surface area contributed by atoms with Gasteiger partial charge in [0.15, 0.2) is 0 Å². The highest BCUT2D eigenvalue weighted by Crippen LogP contribution is 2.23. The summed E-state index contributed by atoms with van der Waals surface area (Å²) in [6.07, 6.45) is 5.28. The van der Waals surface area contributed by atoms with Gasteiger partial charge in [0.1, 0.15) is 0 Å². The van der Waals surface area contributed by atoms with Crippen molar-refractivity contribution in [3.8, 4) is 0 Å². The topological polar surface area (TPSA) is 93.5 Å². The summed E-state index contributed by atoms with van der Waals surface area (Å²) in [5.74, 6) is -0.126. The van der Waals surface area contributed by atoms with Crippen molar-refractivity contribution < 1.29 is 14.3 Å². The van der Waals surface area contributed by atoms with Crippen LogP contribution < -0.4 is 16.4 Å². The van der Waals surface area contributed by atoms with Crippen LogP contribution in [-0.2, 0) is 14.3 Å². The Kier molecular flexibility index (Phi) is 5.79. The maximum Gasteiger partial charge on any atom is 0.234 e.